The fraction of sp³-hybridized carbons (Fsp3) is 0.300. The molecule has 136 valence electrons. The van der Waals surface area contributed by atoms with Gasteiger partial charge in [-0.1, -0.05) is 36.2 Å². The molecule has 1 fully saturated rings. The van der Waals surface area contributed by atoms with Crippen LogP contribution in [-0.2, 0) is 7.05 Å². The fourth-order valence-electron chi connectivity index (χ4n) is 3.97. The second-order valence-electron chi connectivity index (χ2n) is 7.22. The smallest absolute Gasteiger partial charge is 0.140 e. The summed E-state index contributed by atoms with van der Waals surface area (Å²) in [6.07, 6.45) is 7.24. The molecule has 0 radical (unpaired) electrons. The van der Waals surface area contributed by atoms with Crippen LogP contribution >= 0.6 is 11.6 Å². The van der Waals surface area contributed by atoms with Gasteiger partial charge in [-0.2, -0.15) is 5.10 Å². The number of fused-ring (bicyclic) bond motifs is 1. The van der Waals surface area contributed by atoms with Crippen LogP contribution < -0.4 is 0 Å². The zero-order chi connectivity index (χ0) is 18.4. The SMILES string of the molecule is Cn1cnnc1[C@@H](c1cccc(-c2n[nH]c3cnc(Cl)cc23)c1)C1CCC1. The predicted octanol–water partition coefficient (Wildman–Crippen LogP) is 4.34. The number of benzene rings is 1. The molecule has 0 unspecified atom stereocenters. The van der Waals surface area contributed by atoms with Crippen molar-refractivity contribution in [2.75, 3.05) is 0 Å². The summed E-state index contributed by atoms with van der Waals surface area (Å²) >= 11 is 6.10. The molecule has 4 aromatic rings. The van der Waals surface area contributed by atoms with Crippen molar-refractivity contribution in [3.63, 3.8) is 0 Å². The number of aryl methyl sites for hydroxylation is 1. The molecule has 5 rings (SSSR count). The van der Waals surface area contributed by atoms with Gasteiger partial charge in [0.15, 0.2) is 0 Å². The summed E-state index contributed by atoms with van der Waals surface area (Å²) in [5.74, 6) is 1.88. The number of nitrogens with zero attached hydrogens (tertiary/aromatic N) is 5. The first-order valence-electron chi connectivity index (χ1n) is 9.14. The molecular weight excluding hydrogens is 360 g/mol. The first kappa shape index (κ1) is 16.4. The summed E-state index contributed by atoms with van der Waals surface area (Å²) in [7, 11) is 2.01. The Morgan fingerprint density at radius 1 is 1.26 bits per heavy atom. The van der Waals surface area contributed by atoms with Gasteiger partial charge in [-0.05, 0) is 36.5 Å². The molecule has 0 bridgehead atoms. The van der Waals surface area contributed by atoms with E-state index >= 15 is 0 Å². The second kappa shape index (κ2) is 6.46. The average Bonchev–Trinajstić information content (AvgIpc) is 3.24. The highest BCUT2D eigenvalue weighted by molar-refractivity contribution is 6.30. The van der Waals surface area contributed by atoms with E-state index in [-0.39, 0.29) is 5.92 Å². The molecule has 0 aliphatic heterocycles. The van der Waals surface area contributed by atoms with Crippen LogP contribution in [0.3, 0.4) is 0 Å². The maximum absolute atomic E-state index is 6.10. The zero-order valence-electron chi connectivity index (χ0n) is 14.9. The maximum Gasteiger partial charge on any atom is 0.140 e. The van der Waals surface area contributed by atoms with Gasteiger partial charge in [-0.15, -0.1) is 10.2 Å². The summed E-state index contributed by atoms with van der Waals surface area (Å²) < 4.78 is 2.03. The number of halogens is 1. The van der Waals surface area contributed by atoms with Gasteiger partial charge in [-0.25, -0.2) is 4.98 Å². The van der Waals surface area contributed by atoms with Crippen molar-refractivity contribution in [2.24, 2.45) is 13.0 Å². The first-order valence-corrected chi connectivity index (χ1v) is 9.52. The third-order valence-electron chi connectivity index (χ3n) is 5.58. The van der Waals surface area contributed by atoms with Crippen LogP contribution in [0.1, 0.15) is 36.6 Å². The number of aromatic nitrogens is 6. The van der Waals surface area contributed by atoms with E-state index in [0.29, 0.717) is 11.1 Å². The van der Waals surface area contributed by atoms with Gasteiger partial charge >= 0.3 is 0 Å². The molecule has 0 amide bonds. The van der Waals surface area contributed by atoms with E-state index in [0.717, 1.165) is 28.0 Å². The quantitative estimate of drug-likeness (QED) is 0.536. The van der Waals surface area contributed by atoms with E-state index in [4.69, 9.17) is 11.6 Å². The second-order valence-corrected chi connectivity index (χ2v) is 7.61. The van der Waals surface area contributed by atoms with Crippen LogP contribution in [-0.4, -0.2) is 29.9 Å². The van der Waals surface area contributed by atoms with Crippen LogP contribution in [0, 0.1) is 5.92 Å². The minimum Gasteiger partial charge on any atom is -0.320 e. The molecule has 1 atom stereocenters. The van der Waals surface area contributed by atoms with Crippen LogP contribution in [0.5, 0.6) is 0 Å². The Bertz CT molecular complexity index is 1110. The summed E-state index contributed by atoms with van der Waals surface area (Å²) in [6.45, 7) is 0. The molecule has 1 N–H and O–H groups in total. The van der Waals surface area contributed by atoms with Crippen molar-refractivity contribution in [1.29, 1.82) is 0 Å². The van der Waals surface area contributed by atoms with E-state index in [1.54, 1.807) is 12.5 Å². The largest absolute Gasteiger partial charge is 0.320 e. The Morgan fingerprint density at radius 2 is 2.15 bits per heavy atom. The van der Waals surface area contributed by atoms with E-state index in [1.807, 2.05) is 17.7 Å². The molecule has 3 aromatic heterocycles. The van der Waals surface area contributed by atoms with Crippen LogP contribution in [0.25, 0.3) is 22.2 Å². The van der Waals surface area contributed by atoms with Crippen molar-refractivity contribution >= 4 is 22.5 Å². The Balaban J connectivity index is 1.62. The van der Waals surface area contributed by atoms with Gasteiger partial charge < -0.3 is 4.57 Å². The standard InChI is InChI=1S/C20H19ClN6/c1-27-11-23-26-20(27)18(12-4-2-5-12)13-6-3-7-14(8-13)19-15-9-17(21)22-10-16(15)24-25-19/h3,6-12,18H,2,4-5H2,1H3,(H,24,25)/t18-/m1/s1. The van der Waals surface area contributed by atoms with Crippen molar-refractivity contribution < 1.29 is 0 Å². The zero-order valence-corrected chi connectivity index (χ0v) is 15.7. The lowest BCUT2D eigenvalue weighted by Crippen LogP contribution is -2.23. The van der Waals surface area contributed by atoms with E-state index in [2.05, 4.69) is 49.6 Å². The van der Waals surface area contributed by atoms with Crippen LogP contribution in [0.15, 0.2) is 42.9 Å². The van der Waals surface area contributed by atoms with Gasteiger partial charge in [0.25, 0.3) is 0 Å². The predicted molar refractivity (Wildman–Crippen MR) is 105 cm³/mol. The molecule has 1 aliphatic carbocycles. The minimum absolute atomic E-state index is 0.252. The van der Waals surface area contributed by atoms with Crippen molar-refractivity contribution in [3.8, 4) is 11.3 Å². The van der Waals surface area contributed by atoms with Crippen molar-refractivity contribution in [2.45, 2.75) is 25.2 Å². The van der Waals surface area contributed by atoms with E-state index < -0.39 is 0 Å². The van der Waals surface area contributed by atoms with E-state index in [9.17, 15) is 0 Å². The molecular formula is C20H19ClN6. The lowest BCUT2D eigenvalue weighted by Gasteiger charge is -2.33. The number of hydrogen-bond donors (Lipinski definition) is 1. The Labute approximate surface area is 161 Å². The third-order valence-corrected chi connectivity index (χ3v) is 5.79. The fourth-order valence-corrected chi connectivity index (χ4v) is 4.13. The highest BCUT2D eigenvalue weighted by Crippen LogP contribution is 2.43. The Hall–Kier alpha value is -2.73. The molecule has 1 aromatic carbocycles. The molecule has 1 saturated carbocycles. The number of H-pyrrole nitrogens is 1. The lowest BCUT2D eigenvalue weighted by atomic mass is 9.72. The highest BCUT2D eigenvalue weighted by Gasteiger charge is 2.33. The number of rotatable bonds is 4. The Morgan fingerprint density at radius 3 is 2.89 bits per heavy atom. The van der Waals surface area contributed by atoms with Crippen LogP contribution in [0.4, 0.5) is 0 Å². The summed E-state index contributed by atoms with van der Waals surface area (Å²) in [6, 6.07) is 10.4. The van der Waals surface area contributed by atoms with Gasteiger partial charge in [0.2, 0.25) is 0 Å². The third kappa shape index (κ3) is 2.80. The minimum atomic E-state index is 0.252. The monoisotopic (exact) mass is 378 g/mol. The molecule has 0 saturated heterocycles. The molecule has 3 heterocycles. The number of pyridine rings is 1. The Kier molecular flexibility index (Phi) is 3.93. The van der Waals surface area contributed by atoms with E-state index in [1.165, 1.54) is 24.8 Å². The molecule has 1 aliphatic rings. The molecule has 6 nitrogen and oxygen atoms in total. The molecule has 7 heteroatoms. The summed E-state index contributed by atoms with van der Waals surface area (Å²) in [4.78, 5) is 4.12. The summed E-state index contributed by atoms with van der Waals surface area (Å²) in [5.41, 5.74) is 4.09. The topological polar surface area (TPSA) is 72.3 Å². The molecule has 27 heavy (non-hydrogen) atoms. The maximum atomic E-state index is 6.10. The first-order chi connectivity index (χ1) is 13.2. The van der Waals surface area contributed by atoms with Gasteiger partial charge in [-0.3, -0.25) is 5.10 Å². The number of hydrogen-bond acceptors (Lipinski definition) is 4. The summed E-state index contributed by atoms with van der Waals surface area (Å²) in [5, 5.41) is 17.5. The normalized spacial score (nSPS) is 15.8. The number of nitrogens with one attached hydrogen (secondary N) is 1. The number of aromatic amines is 1. The van der Waals surface area contributed by atoms with Gasteiger partial charge in [0.05, 0.1) is 11.7 Å². The molecule has 0 spiro atoms. The lowest BCUT2D eigenvalue weighted by molar-refractivity contribution is 0.274. The van der Waals surface area contributed by atoms with Gasteiger partial charge in [0.1, 0.15) is 23.0 Å². The average molecular weight is 379 g/mol. The van der Waals surface area contributed by atoms with Crippen molar-refractivity contribution in [3.05, 3.63) is 59.4 Å². The van der Waals surface area contributed by atoms with Crippen LogP contribution in [0.2, 0.25) is 5.15 Å². The van der Waals surface area contributed by atoms with Gasteiger partial charge in [0, 0.05) is 23.9 Å². The van der Waals surface area contributed by atoms with Crippen molar-refractivity contribution in [1.82, 2.24) is 29.9 Å². The highest BCUT2D eigenvalue weighted by atomic mass is 35.5.